The molecule has 1 aromatic carbocycles. The van der Waals surface area contributed by atoms with Crippen LogP contribution in [0.1, 0.15) is 59.3 Å². The maximum Gasteiger partial charge on any atom is 0.274 e. The second kappa shape index (κ2) is 6.63. The van der Waals surface area contributed by atoms with Crippen LogP contribution in [-0.2, 0) is 4.74 Å². The van der Waals surface area contributed by atoms with Gasteiger partial charge >= 0.3 is 0 Å². The second-order valence-electron chi connectivity index (χ2n) is 5.50. The van der Waals surface area contributed by atoms with E-state index in [-0.39, 0.29) is 23.7 Å². The highest BCUT2D eigenvalue weighted by Crippen LogP contribution is 2.30. The lowest BCUT2D eigenvalue weighted by atomic mass is 10.1. The summed E-state index contributed by atoms with van der Waals surface area (Å²) >= 11 is 0. The number of nitriles is 1. The number of oxazole rings is 1. The Morgan fingerprint density at radius 2 is 2.39 bits per heavy atom. The van der Waals surface area contributed by atoms with Crippen LogP contribution in [0.3, 0.4) is 0 Å². The van der Waals surface area contributed by atoms with E-state index >= 15 is 0 Å². The normalized spacial score (nSPS) is 18.3. The van der Waals surface area contributed by atoms with E-state index in [1.165, 1.54) is 6.39 Å². The molecule has 1 N–H and O–H groups in total. The van der Waals surface area contributed by atoms with Gasteiger partial charge in [0.2, 0.25) is 0 Å². The Kier molecular flexibility index (Phi) is 4.40. The third kappa shape index (κ3) is 3.25. The van der Waals surface area contributed by atoms with Crippen LogP contribution in [0.15, 0.2) is 35.1 Å². The minimum atomic E-state index is -0.306. The maximum absolute atomic E-state index is 12.5. The van der Waals surface area contributed by atoms with Gasteiger partial charge in [0, 0.05) is 6.61 Å². The number of nitrogens with zero attached hydrogens (tertiary/aromatic N) is 2. The monoisotopic (exact) mass is 311 g/mol. The summed E-state index contributed by atoms with van der Waals surface area (Å²) in [4.78, 5) is 16.5. The quantitative estimate of drug-likeness (QED) is 0.938. The summed E-state index contributed by atoms with van der Waals surface area (Å²) in [5, 5.41) is 11.8. The second-order valence-corrected chi connectivity index (χ2v) is 5.50. The predicted octanol–water partition coefficient (Wildman–Crippen LogP) is 2.89. The number of carbonyl (C=O) groups excluding carboxylic acids is 1. The smallest absolute Gasteiger partial charge is 0.274 e. The van der Waals surface area contributed by atoms with Crippen molar-refractivity contribution in [1.29, 1.82) is 5.26 Å². The van der Waals surface area contributed by atoms with Crippen LogP contribution in [0.2, 0.25) is 0 Å². The molecule has 1 amide bonds. The van der Waals surface area contributed by atoms with E-state index in [0.29, 0.717) is 17.9 Å². The minimum absolute atomic E-state index is 0.199. The summed E-state index contributed by atoms with van der Waals surface area (Å²) in [6.07, 6.45) is 2.85. The van der Waals surface area contributed by atoms with E-state index < -0.39 is 0 Å². The summed E-state index contributed by atoms with van der Waals surface area (Å²) in [5.41, 5.74) is 1.69. The molecule has 0 spiro atoms. The molecule has 2 aromatic rings. The highest BCUT2D eigenvalue weighted by atomic mass is 16.5. The number of hydrogen-bond donors (Lipinski definition) is 1. The average molecular weight is 311 g/mol. The van der Waals surface area contributed by atoms with Crippen molar-refractivity contribution >= 4 is 5.91 Å². The summed E-state index contributed by atoms with van der Waals surface area (Å²) in [5.74, 6) is 0.178. The number of ether oxygens (including phenoxy) is 1. The number of hydrogen-bond acceptors (Lipinski definition) is 5. The maximum atomic E-state index is 12.5. The average Bonchev–Trinajstić information content (AvgIpc) is 3.25. The van der Waals surface area contributed by atoms with Gasteiger partial charge in [-0.2, -0.15) is 5.26 Å². The Hall–Kier alpha value is -2.65. The zero-order chi connectivity index (χ0) is 16.2. The molecular formula is C17H17N3O3. The molecule has 0 aliphatic carbocycles. The summed E-state index contributed by atoms with van der Waals surface area (Å²) in [6.45, 7) is 2.53. The van der Waals surface area contributed by atoms with Gasteiger partial charge in [-0.15, -0.1) is 0 Å². The van der Waals surface area contributed by atoms with E-state index in [9.17, 15) is 4.79 Å². The first-order valence-corrected chi connectivity index (χ1v) is 7.55. The molecule has 6 heteroatoms. The number of amides is 1. The Morgan fingerprint density at radius 1 is 1.52 bits per heavy atom. The van der Waals surface area contributed by atoms with Crippen LogP contribution < -0.4 is 5.32 Å². The van der Waals surface area contributed by atoms with Gasteiger partial charge < -0.3 is 14.5 Å². The molecule has 0 radical (unpaired) electrons. The van der Waals surface area contributed by atoms with Crippen molar-refractivity contribution < 1.29 is 13.9 Å². The van der Waals surface area contributed by atoms with E-state index in [2.05, 4.69) is 16.4 Å². The standard InChI is InChI=1S/C17H17N3O3/c1-11(13-5-2-4-12(8-13)9-18)20-17(21)15-16(23-10-19-15)14-6-3-7-22-14/h2,4-5,8,10-11,14H,3,6-7H2,1H3,(H,20,21)/t11-,14-/m1/s1. The molecule has 1 fully saturated rings. The molecule has 23 heavy (non-hydrogen) atoms. The fraction of sp³-hybridized carbons (Fsp3) is 0.353. The lowest BCUT2D eigenvalue weighted by Gasteiger charge is -2.15. The highest BCUT2D eigenvalue weighted by Gasteiger charge is 2.28. The molecule has 0 saturated carbocycles. The fourth-order valence-corrected chi connectivity index (χ4v) is 2.66. The van der Waals surface area contributed by atoms with Gasteiger partial charge in [0.25, 0.3) is 5.91 Å². The zero-order valence-electron chi connectivity index (χ0n) is 12.8. The molecule has 0 unspecified atom stereocenters. The lowest BCUT2D eigenvalue weighted by molar-refractivity contribution is 0.0854. The van der Waals surface area contributed by atoms with Crippen LogP contribution in [0.5, 0.6) is 0 Å². The predicted molar refractivity (Wildman–Crippen MR) is 81.5 cm³/mol. The number of nitrogens with one attached hydrogen (secondary N) is 1. The molecule has 2 atom stereocenters. The third-order valence-electron chi connectivity index (χ3n) is 3.90. The lowest BCUT2D eigenvalue weighted by Crippen LogP contribution is -2.28. The van der Waals surface area contributed by atoms with Gasteiger partial charge in [-0.25, -0.2) is 4.98 Å². The molecule has 3 rings (SSSR count). The highest BCUT2D eigenvalue weighted by molar-refractivity contribution is 5.93. The van der Waals surface area contributed by atoms with Crippen molar-refractivity contribution in [2.75, 3.05) is 6.61 Å². The van der Waals surface area contributed by atoms with Gasteiger partial charge in [-0.05, 0) is 37.5 Å². The van der Waals surface area contributed by atoms with Crippen LogP contribution in [-0.4, -0.2) is 17.5 Å². The molecule has 1 aliphatic rings. The Morgan fingerprint density at radius 3 is 3.13 bits per heavy atom. The third-order valence-corrected chi connectivity index (χ3v) is 3.90. The van der Waals surface area contributed by atoms with Gasteiger partial charge in [0.05, 0.1) is 17.7 Å². The number of aromatic nitrogens is 1. The first kappa shape index (κ1) is 15.3. The van der Waals surface area contributed by atoms with Crippen molar-refractivity contribution in [2.24, 2.45) is 0 Å². The number of benzene rings is 1. The molecule has 2 heterocycles. The van der Waals surface area contributed by atoms with E-state index in [1.807, 2.05) is 13.0 Å². The number of rotatable bonds is 4. The van der Waals surface area contributed by atoms with Gasteiger partial charge in [0.1, 0.15) is 6.10 Å². The topological polar surface area (TPSA) is 88.2 Å². The molecular weight excluding hydrogens is 294 g/mol. The molecule has 118 valence electrons. The summed E-state index contributed by atoms with van der Waals surface area (Å²) in [7, 11) is 0. The minimum Gasteiger partial charge on any atom is -0.445 e. The van der Waals surface area contributed by atoms with Crippen molar-refractivity contribution in [3.8, 4) is 6.07 Å². The van der Waals surface area contributed by atoms with Crippen molar-refractivity contribution in [2.45, 2.75) is 31.9 Å². The Balaban J connectivity index is 1.74. The largest absolute Gasteiger partial charge is 0.445 e. The van der Waals surface area contributed by atoms with Crippen LogP contribution in [0.25, 0.3) is 0 Å². The summed E-state index contributed by atoms with van der Waals surface area (Å²) < 4.78 is 10.9. The van der Waals surface area contributed by atoms with E-state index in [0.717, 1.165) is 18.4 Å². The van der Waals surface area contributed by atoms with E-state index in [1.54, 1.807) is 18.2 Å². The molecule has 0 bridgehead atoms. The van der Waals surface area contributed by atoms with Crippen molar-refractivity contribution in [3.63, 3.8) is 0 Å². The fourth-order valence-electron chi connectivity index (χ4n) is 2.66. The zero-order valence-corrected chi connectivity index (χ0v) is 12.8. The first-order chi connectivity index (χ1) is 11.2. The Bertz CT molecular complexity index is 742. The van der Waals surface area contributed by atoms with Gasteiger partial charge in [0.15, 0.2) is 17.8 Å². The van der Waals surface area contributed by atoms with Gasteiger partial charge in [-0.1, -0.05) is 12.1 Å². The molecule has 1 aliphatic heterocycles. The first-order valence-electron chi connectivity index (χ1n) is 7.55. The molecule has 1 aromatic heterocycles. The van der Waals surface area contributed by atoms with Crippen molar-refractivity contribution in [3.05, 3.63) is 53.2 Å². The van der Waals surface area contributed by atoms with Crippen LogP contribution >= 0.6 is 0 Å². The SMILES string of the molecule is C[C@@H](NC(=O)c1ncoc1[C@H]1CCCO1)c1cccc(C#N)c1. The molecule has 1 saturated heterocycles. The Labute approximate surface area is 134 Å². The van der Waals surface area contributed by atoms with Gasteiger partial charge in [-0.3, -0.25) is 4.79 Å². The van der Waals surface area contributed by atoms with Crippen LogP contribution in [0, 0.1) is 11.3 Å². The number of carbonyl (C=O) groups is 1. The van der Waals surface area contributed by atoms with E-state index in [4.69, 9.17) is 14.4 Å². The van der Waals surface area contributed by atoms with Crippen molar-refractivity contribution in [1.82, 2.24) is 10.3 Å². The molecule has 6 nitrogen and oxygen atoms in total. The van der Waals surface area contributed by atoms with Crippen LogP contribution in [0.4, 0.5) is 0 Å². The summed E-state index contributed by atoms with van der Waals surface area (Å²) in [6, 6.07) is 9.00.